The highest BCUT2D eigenvalue weighted by atomic mass is 16.5. The van der Waals surface area contributed by atoms with Gasteiger partial charge in [0.15, 0.2) is 0 Å². The second kappa shape index (κ2) is 7.12. The summed E-state index contributed by atoms with van der Waals surface area (Å²) in [7, 11) is 1.61. The molecule has 1 saturated heterocycles. The number of carbonyl (C=O) groups excluding carboxylic acids is 2. The van der Waals surface area contributed by atoms with E-state index in [1.54, 1.807) is 30.5 Å². The minimum absolute atomic E-state index is 0.0485. The van der Waals surface area contributed by atoms with Crippen LogP contribution in [0.5, 0.6) is 5.75 Å². The molecule has 1 atom stereocenters. The number of amides is 2. The Labute approximate surface area is 140 Å². The zero-order chi connectivity index (χ0) is 16.9. The van der Waals surface area contributed by atoms with Crippen molar-refractivity contribution in [1.82, 2.24) is 10.3 Å². The molecule has 1 aliphatic heterocycles. The molecule has 6 heteroatoms. The van der Waals surface area contributed by atoms with Crippen LogP contribution >= 0.6 is 0 Å². The number of nitrogens with zero attached hydrogens (tertiary/aromatic N) is 2. The topological polar surface area (TPSA) is 71.5 Å². The van der Waals surface area contributed by atoms with Crippen molar-refractivity contribution in [3.63, 3.8) is 0 Å². The van der Waals surface area contributed by atoms with Crippen LogP contribution in [0.15, 0.2) is 48.8 Å². The molecule has 1 N–H and O–H groups in total. The fourth-order valence-corrected chi connectivity index (χ4v) is 2.72. The zero-order valence-electron chi connectivity index (χ0n) is 13.4. The van der Waals surface area contributed by atoms with E-state index in [4.69, 9.17) is 4.74 Å². The monoisotopic (exact) mass is 325 g/mol. The van der Waals surface area contributed by atoms with Crippen molar-refractivity contribution in [2.75, 3.05) is 18.6 Å². The van der Waals surface area contributed by atoms with Crippen LogP contribution in [0.1, 0.15) is 12.0 Å². The molecule has 1 aromatic heterocycles. The van der Waals surface area contributed by atoms with Gasteiger partial charge in [0.2, 0.25) is 11.8 Å². The van der Waals surface area contributed by atoms with Crippen molar-refractivity contribution in [2.24, 2.45) is 5.92 Å². The van der Waals surface area contributed by atoms with Crippen molar-refractivity contribution in [1.29, 1.82) is 0 Å². The summed E-state index contributed by atoms with van der Waals surface area (Å²) in [5, 5.41) is 2.90. The number of carbonyl (C=O) groups is 2. The number of benzene rings is 1. The van der Waals surface area contributed by atoms with Crippen molar-refractivity contribution >= 4 is 17.5 Å². The molecule has 0 radical (unpaired) electrons. The quantitative estimate of drug-likeness (QED) is 0.909. The maximum atomic E-state index is 12.3. The molecule has 0 spiro atoms. The van der Waals surface area contributed by atoms with E-state index in [2.05, 4.69) is 10.3 Å². The summed E-state index contributed by atoms with van der Waals surface area (Å²) in [4.78, 5) is 30.1. The van der Waals surface area contributed by atoms with Gasteiger partial charge in [0, 0.05) is 25.7 Å². The van der Waals surface area contributed by atoms with Gasteiger partial charge in [0.05, 0.1) is 24.9 Å². The number of aromatic nitrogens is 1. The van der Waals surface area contributed by atoms with Crippen LogP contribution in [0.25, 0.3) is 0 Å². The smallest absolute Gasteiger partial charge is 0.227 e. The van der Waals surface area contributed by atoms with Crippen LogP contribution in [0.4, 0.5) is 5.69 Å². The highest BCUT2D eigenvalue weighted by molar-refractivity contribution is 6.00. The Morgan fingerprint density at radius 2 is 2.12 bits per heavy atom. The normalized spacial score (nSPS) is 17.0. The van der Waals surface area contributed by atoms with Crippen LogP contribution in [-0.2, 0) is 16.1 Å². The minimum Gasteiger partial charge on any atom is -0.497 e. The second-order valence-electron chi connectivity index (χ2n) is 5.68. The maximum absolute atomic E-state index is 12.3. The number of hydrogen-bond donors (Lipinski definition) is 1. The summed E-state index contributed by atoms with van der Waals surface area (Å²) in [6.07, 6.45) is 3.52. The molecule has 3 rings (SSSR count). The molecule has 6 nitrogen and oxygen atoms in total. The maximum Gasteiger partial charge on any atom is 0.227 e. The first kappa shape index (κ1) is 16.0. The summed E-state index contributed by atoms with van der Waals surface area (Å²) < 4.78 is 5.11. The Kier molecular flexibility index (Phi) is 4.74. The summed E-state index contributed by atoms with van der Waals surface area (Å²) in [5.41, 5.74) is 1.71. The molecule has 1 unspecified atom stereocenters. The van der Waals surface area contributed by atoms with Crippen LogP contribution < -0.4 is 15.0 Å². The third-order valence-corrected chi connectivity index (χ3v) is 4.08. The average molecular weight is 325 g/mol. The van der Waals surface area contributed by atoms with Crippen molar-refractivity contribution in [3.8, 4) is 5.75 Å². The predicted octanol–water partition coefficient (Wildman–Crippen LogP) is 1.76. The van der Waals surface area contributed by atoms with Gasteiger partial charge in [0.25, 0.3) is 0 Å². The van der Waals surface area contributed by atoms with Crippen LogP contribution in [0.2, 0.25) is 0 Å². The largest absolute Gasteiger partial charge is 0.497 e. The van der Waals surface area contributed by atoms with Crippen molar-refractivity contribution in [2.45, 2.75) is 13.0 Å². The van der Waals surface area contributed by atoms with Gasteiger partial charge in [-0.3, -0.25) is 14.6 Å². The second-order valence-corrected chi connectivity index (χ2v) is 5.68. The van der Waals surface area contributed by atoms with E-state index in [0.29, 0.717) is 13.1 Å². The van der Waals surface area contributed by atoms with Gasteiger partial charge in [0.1, 0.15) is 5.75 Å². The summed E-state index contributed by atoms with van der Waals surface area (Å²) >= 11 is 0. The Morgan fingerprint density at radius 3 is 2.79 bits per heavy atom. The lowest BCUT2D eigenvalue weighted by atomic mass is 10.1. The zero-order valence-corrected chi connectivity index (χ0v) is 13.4. The minimum atomic E-state index is -0.337. The Balaban J connectivity index is 1.57. The first-order valence-electron chi connectivity index (χ1n) is 7.78. The number of methoxy groups -OCH3 is 1. The van der Waals surface area contributed by atoms with E-state index in [9.17, 15) is 9.59 Å². The van der Waals surface area contributed by atoms with Gasteiger partial charge in [-0.15, -0.1) is 0 Å². The Bertz CT molecular complexity index is 716. The summed E-state index contributed by atoms with van der Waals surface area (Å²) in [6, 6.07) is 11.1. The van der Waals surface area contributed by atoms with Gasteiger partial charge in [-0.05, 0) is 29.8 Å². The number of ether oxygens (including phenoxy) is 1. The summed E-state index contributed by atoms with van der Waals surface area (Å²) in [5.74, 6) is 0.285. The molecule has 1 fully saturated rings. The van der Waals surface area contributed by atoms with E-state index in [0.717, 1.165) is 17.0 Å². The van der Waals surface area contributed by atoms with Gasteiger partial charge >= 0.3 is 0 Å². The van der Waals surface area contributed by atoms with E-state index in [1.807, 2.05) is 30.3 Å². The molecule has 2 heterocycles. The molecule has 0 saturated carbocycles. The molecule has 2 aromatic rings. The molecule has 24 heavy (non-hydrogen) atoms. The summed E-state index contributed by atoms with van der Waals surface area (Å²) in [6.45, 7) is 0.819. The predicted molar refractivity (Wildman–Crippen MR) is 89.5 cm³/mol. The van der Waals surface area contributed by atoms with Crippen LogP contribution in [0.3, 0.4) is 0 Å². The third-order valence-electron chi connectivity index (χ3n) is 4.08. The molecule has 124 valence electrons. The third kappa shape index (κ3) is 3.53. The van der Waals surface area contributed by atoms with E-state index in [-0.39, 0.29) is 24.2 Å². The first-order valence-corrected chi connectivity index (χ1v) is 7.78. The number of anilines is 1. The Hall–Kier alpha value is -2.89. The van der Waals surface area contributed by atoms with Gasteiger partial charge in [-0.25, -0.2) is 0 Å². The van der Waals surface area contributed by atoms with Crippen molar-refractivity contribution < 1.29 is 14.3 Å². The number of rotatable bonds is 5. The fourth-order valence-electron chi connectivity index (χ4n) is 2.72. The fraction of sp³-hybridized carbons (Fsp3) is 0.278. The number of nitrogens with one attached hydrogen (secondary N) is 1. The molecular weight excluding hydrogens is 306 g/mol. The van der Waals surface area contributed by atoms with Crippen LogP contribution in [0, 0.1) is 5.92 Å². The van der Waals surface area contributed by atoms with Crippen molar-refractivity contribution in [3.05, 3.63) is 54.4 Å². The standard InChI is InChI=1S/C18H19N3O3/c1-24-16-6-4-13(5-7-16)10-20-18(23)14-9-17(22)21(12-14)15-3-2-8-19-11-15/h2-8,11,14H,9-10,12H2,1H3,(H,20,23). The highest BCUT2D eigenvalue weighted by Crippen LogP contribution is 2.24. The van der Waals surface area contributed by atoms with Gasteiger partial charge < -0.3 is 15.0 Å². The van der Waals surface area contributed by atoms with E-state index >= 15 is 0 Å². The van der Waals surface area contributed by atoms with Crippen LogP contribution in [-0.4, -0.2) is 30.5 Å². The lowest BCUT2D eigenvalue weighted by Crippen LogP contribution is -2.32. The van der Waals surface area contributed by atoms with Gasteiger partial charge in [-0.2, -0.15) is 0 Å². The van der Waals surface area contributed by atoms with Gasteiger partial charge in [-0.1, -0.05) is 12.1 Å². The molecule has 1 aromatic carbocycles. The first-order chi connectivity index (χ1) is 11.7. The molecule has 0 aliphatic carbocycles. The Morgan fingerprint density at radius 1 is 1.33 bits per heavy atom. The average Bonchev–Trinajstić information content (AvgIpc) is 3.02. The molecule has 1 aliphatic rings. The number of pyridine rings is 1. The number of hydrogen-bond acceptors (Lipinski definition) is 4. The lowest BCUT2D eigenvalue weighted by molar-refractivity contribution is -0.126. The molecular formula is C18H19N3O3. The van der Waals surface area contributed by atoms with E-state index in [1.165, 1.54) is 0 Å². The SMILES string of the molecule is COc1ccc(CNC(=O)C2CC(=O)N(c3cccnc3)C2)cc1. The highest BCUT2D eigenvalue weighted by Gasteiger charge is 2.35. The molecule has 2 amide bonds. The molecule has 0 bridgehead atoms. The van der Waals surface area contributed by atoms with E-state index < -0.39 is 0 Å². The lowest BCUT2D eigenvalue weighted by Gasteiger charge is -2.16.